The SMILES string of the molecule is Cc1ccc(Nc2ccc3cnn(C)c3c2)cc1C. The molecule has 1 N–H and O–H groups in total. The Morgan fingerprint density at radius 3 is 2.47 bits per heavy atom. The molecule has 19 heavy (non-hydrogen) atoms. The summed E-state index contributed by atoms with van der Waals surface area (Å²) in [6.45, 7) is 4.26. The Morgan fingerprint density at radius 1 is 0.947 bits per heavy atom. The van der Waals surface area contributed by atoms with Crippen molar-refractivity contribution in [2.24, 2.45) is 7.05 Å². The first kappa shape index (κ1) is 11.8. The maximum Gasteiger partial charge on any atom is 0.0699 e. The van der Waals surface area contributed by atoms with Gasteiger partial charge in [-0.3, -0.25) is 4.68 Å². The van der Waals surface area contributed by atoms with E-state index < -0.39 is 0 Å². The van der Waals surface area contributed by atoms with Gasteiger partial charge < -0.3 is 5.32 Å². The highest BCUT2D eigenvalue weighted by molar-refractivity contribution is 5.83. The molecular weight excluding hydrogens is 234 g/mol. The van der Waals surface area contributed by atoms with E-state index >= 15 is 0 Å². The van der Waals surface area contributed by atoms with Crippen molar-refractivity contribution in [2.45, 2.75) is 13.8 Å². The third-order valence-electron chi connectivity index (χ3n) is 3.54. The fourth-order valence-corrected chi connectivity index (χ4v) is 2.21. The molecule has 0 unspecified atom stereocenters. The van der Waals surface area contributed by atoms with Crippen LogP contribution in [0.1, 0.15) is 11.1 Å². The fraction of sp³-hybridized carbons (Fsp3) is 0.188. The van der Waals surface area contributed by atoms with Gasteiger partial charge in [0.2, 0.25) is 0 Å². The van der Waals surface area contributed by atoms with Crippen molar-refractivity contribution < 1.29 is 0 Å². The number of aromatic nitrogens is 2. The van der Waals surface area contributed by atoms with Crippen LogP contribution in [0.25, 0.3) is 10.9 Å². The number of nitrogens with zero attached hydrogens (tertiary/aromatic N) is 2. The molecule has 0 saturated carbocycles. The van der Waals surface area contributed by atoms with Crippen molar-refractivity contribution in [3.63, 3.8) is 0 Å². The highest BCUT2D eigenvalue weighted by Crippen LogP contribution is 2.23. The lowest BCUT2D eigenvalue weighted by Crippen LogP contribution is -1.93. The van der Waals surface area contributed by atoms with E-state index in [9.17, 15) is 0 Å². The molecule has 3 rings (SSSR count). The minimum atomic E-state index is 1.08. The molecule has 0 amide bonds. The zero-order valence-electron chi connectivity index (χ0n) is 11.4. The number of aryl methyl sites for hydroxylation is 3. The molecule has 0 spiro atoms. The molecule has 0 fully saturated rings. The predicted molar refractivity (Wildman–Crippen MR) is 79.9 cm³/mol. The van der Waals surface area contributed by atoms with E-state index in [1.807, 2.05) is 17.9 Å². The van der Waals surface area contributed by atoms with Crippen molar-refractivity contribution in [2.75, 3.05) is 5.32 Å². The smallest absolute Gasteiger partial charge is 0.0699 e. The largest absolute Gasteiger partial charge is 0.355 e. The van der Waals surface area contributed by atoms with E-state index in [1.54, 1.807) is 0 Å². The second kappa shape index (κ2) is 4.43. The number of hydrogen-bond acceptors (Lipinski definition) is 2. The highest BCUT2D eigenvalue weighted by atomic mass is 15.2. The molecule has 1 aromatic heterocycles. The maximum atomic E-state index is 4.26. The number of anilines is 2. The average Bonchev–Trinajstić information content (AvgIpc) is 2.76. The topological polar surface area (TPSA) is 29.9 Å². The lowest BCUT2D eigenvalue weighted by molar-refractivity contribution is 0.797. The van der Waals surface area contributed by atoms with Crippen LogP contribution < -0.4 is 5.32 Å². The standard InChI is InChI=1S/C16H17N3/c1-11-4-6-14(8-12(11)2)18-15-7-5-13-10-17-19(3)16(13)9-15/h4-10,18H,1-3H3. The van der Waals surface area contributed by atoms with E-state index in [0.29, 0.717) is 0 Å². The molecule has 3 aromatic rings. The van der Waals surface area contributed by atoms with Crippen molar-refractivity contribution in [1.82, 2.24) is 9.78 Å². The second-order valence-electron chi connectivity index (χ2n) is 4.97. The van der Waals surface area contributed by atoms with Crippen LogP contribution in [0.2, 0.25) is 0 Å². The number of hydrogen-bond donors (Lipinski definition) is 1. The van der Waals surface area contributed by atoms with Gasteiger partial charge in [0.1, 0.15) is 0 Å². The van der Waals surface area contributed by atoms with Crippen molar-refractivity contribution in [1.29, 1.82) is 0 Å². The molecule has 0 bridgehead atoms. The van der Waals surface area contributed by atoms with E-state index in [-0.39, 0.29) is 0 Å². The van der Waals surface area contributed by atoms with Gasteiger partial charge in [-0.15, -0.1) is 0 Å². The lowest BCUT2D eigenvalue weighted by Gasteiger charge is -2.09. The van der Waals surface area contributed by atoms with Gasteiger partial charge in [0.05, 0.1) is 11.7 Å². The summed E-state index contributed by atoms with van der Waals surface area (Å²) in [7, 11) is 1.96. The van der Waals surface area contributed by atoms with Gasteiger partial charge in [0.25, 0.3) is 0 Å². The summed E-state index contributed by atoms with van der Waals surface area (Å²) in [5.41, 5.74) is 5.94. The minimum Gasteiger partial charge on any atom is -0.355 e. The highest BCUT2D eigenvalue weighted by Gasteiger charge is 2.02. The van der Waals surface area contributed by atoms with Crippen LogP contribution >= 0.6 is 0 Å². The van der Waals surface area contributed by atoms with Gasteiger partial charge in [-0.2, -0.15) is 5.10 Å². The van der Waals surface area contributed by atoms with Gasteiger partial charge in [0, 0.05) is 23.8 Å². The Labute approximate surface area is 112 Å². The fourth-order valence-electron chi connectivity index (χ4n) is 2.21. The van der Waals surface area contributed by atoms with Crippen LogP contribution in [0.5, 0.6) is 0 Å². The zero-order chi connectivity index (χ0) is 13.4. The van der Waals surface area contributed by atoms with Gasteiger partial charge in [-0.25, -0.2) is 0 Å². The van der Waals surface area contributed by atoms with Crippen LogP contribution in [0, 0.1) is 13.8 Å². The summed E-state index contributed by atoms with van der Waals surface area (Å²) in [4.78, 5) is 0. The summed E-state index contributed by atoms with van der Waals surface area (Å²) in [5.74, 6) is 0. The van der Waals surface area contributed by atoms with E-state index in [2.05, 4.69) is 60.7 Å². The Bertz CT molecular complexity index is 741. The lowest BCUT2D eigenvalue weighted by atomic mass is 10.1. The number of rotatable bonds is 2. The van der Waals surface area contributed by atoms with Crippen LogP contribution in [0.3, 0.4) is 0 Å². The summed E-state index contributed by atoms with van der Waals surface area (Å²) in [6.07, 6.45) is 1.88. The summed E-state index contributed by atoms with van der Waals surface area (Å²) >= 11 is 0. The minimum absolute atomic E-state index is 1.08. The van der Waals surface area contributed by atoms with Crippen LogP contribution in [0.15, 0.2) is 42.6 Å². The number of nitrogens with one attached hydrogen (secondary N) is 1. The monoisotopic (exact) mass is 251 g/mol. The first-order valence-electron chi connectivity index (χ1n) is 6.39. The Kier molecular flexibility index (Phi) is 2.75. The molecule has 0 radical (unpaired) electrons. The molecule has 1 heterocycles. The summed E-state index contributed by atoms with van der Waals surface area (Å²) in [6, 6.07) is 12.7. The molecule has 0 atom stereocenters. The Balaban J connectivity index is 1.95. The molecule has 0 aliphatic carbocycles. The first-order valence-corrected chi connectivity index (χ1v) is 6.39. The summed E-state index contributed by atoms with van der Waals surface area (Å²) in [5, 5.41) is 8.86. The molecular formula is C16H17N3. The van der Waals surface area contributed by atoms with Crippen molar-refractivity contribution in [3.8, 4) is 0 Å². The third-order valence-corrected chi connectivity index (χ3v) is 3.54. The Hall–Kier alpha value is -2.29. The molecule has 0 aliphatic heterocycles. The first-order chi connectivity index (χ1) is 9.13. The molecule has 0 aliphatic rings. The van der Waals surface area contributed by atoms with E-state index in [4.69, 9.17) is 0 Å². The van der Waals surface area contributed by atoms with Gasteiger partial charge in [-0.05, 0) is 55.3 Å². The quantitative estimate of drug-likeness (QED) is 0.747. The van der Waals surface area contributed by atoms with Crippen LogP contribution in [0.4, 0.5) is 11.4 Å². The zero-order valence-corrected chi connectivity index (χ0v) is 11.4. The number of fused-ring (bicyclic) bond motifs is 1. The van der Waals surface area contributed by atoms with Crippen LogP contribution in [-0.4, -0.2) is 9.78 Å². The molecule has 96 valence electrons. The average molecular weight is 251 g/mol. The van der Waals surface area contributed by atoms with Gasteiger partial charge in [-0.1, -0.05) is 6.07 Å². The van der Waals surface area contributed by atoms with Gasteiger partial charge in [0.15, 0.2) is 0 Å². The third kappa shape index (κ3) is 2.19. The van der Waals surface area contributed by atoms with E-state index in [0.717, 1.165) is 22.3 Å². The van der Waals surface area contributed by atoms with Crippen LogP contribution in [-0.2, 0) is 7.05 Å². The van der Waals surface area contributed by atoms with Gasteiger partial charge >= 0.3 is 0 Å². The summed E-state index contributed by atoms with van der Waals surface area (Å²) < 4.78 is 1.89. The Morgan fingerprint density at radius 2 is 1.68 bits per heavy atom. The van der Waals surface area contributed by atoms with Crippen molar-refractivity contribution >= 4 is 22.3 Å². The molecule has 3 nitrogen and oxygen atoms in total. The van der Waals surface area contributed by atoms with E-state index in [1.165, 1.54) is 11.1 Å². The maximum absolute atomic E-state index is 4.26. The molecule has 3 heteroatoms. The molecule has 2 aromatic carbocycles. The van der Waals surface area contributed by atoms with Crippen molar-refractivity contribution in [3.05, 3.63) is 53.7 Å². The predicted octanol–water partition coefficient (Wildman–Crippen LogP) is 3.93. The molecule has 0 saturated heterocycles. The number of benzene rings is 2. The second-order valence-corrected chi connectivity index (χ2v) is 4.97. The normalized spacial score (nSPS) is 10.9.